The summed E-state index contributed by atoms with van der Waals surface area (Å²) in [5.41, 5.74) is 5.27. The minimum absolute atomic E-state index is 0.0753. The zero-order valence-electron chi connectivity index (χ0n) is 17.2. The van der Waals surface area contributed by atoms with Crippen molar-refractivity contribution in [2.24, 2.45) is 4.99 Å². The molecule has 2 aliphatic rings. The minimum atomic E-state index is -0.448. The number of carbonyl (C=O) groups excluding carboxylic acids is 2. The van der Waals surface area contributed by atoms with Crippen LogP contribution in [0.25, 0.3) is 0 Å². The fourth-order valence-electron chi connectivity index (χ4n) is 4.52. The molecular weight excluding hydrogens is 388 g/mol. The van der Waals surface area contributed by atoms with Crippen LogP contribution in [0.5, 0.6) is 5.75 Å². The number of hydrogen-bond acceptors (Lipinski definition) is 5. The number of fused-ring (bicyclic) bond motifs is 5. The van der Waals surface area contributed by atoms with Crippen LogP contribution in [0.2, 0.25) is 0 Å². The summed E-state index contributed by atoms with van der Waals surface area (Å²) < 4.78 is 5.25. The van der Waals surface area contributed by atoms with Crippen LogP contribution in [0.4, 0.5) is 5.69 Å². The number of amidine groups is 1. The lowest BCUT2D eigenvalue weighted by molar-refractivity contribution is -0.131. The second kappa shape index (κ2) is 7.84. The maximum Gasteiger partial charge on any atom is 0.308 e. The van der Waals surface area contributed by atoms with Gasteiger partial charge in [0.25, 0.3) is 0 Å². The van der Waals surface area contributed by atoms with Gasteiger partial charge in [0.1, 0.15) is 11.6 Å². The molecule has 0 N–H and O–H groups in total. The average molecular weight is 410 g/mol. The second-order valence-corrected chi connectivity index (χ2v) is 7.84. The summed E-state index contributed by atoms with van der Waals surface area (Å²) in [6.07, 6.45) is 1.00. The number of para-hydroxylation sites is 2. The van der Waals surface area contributed by atoms with Crippen LogP contribution in [0, 0.1) is 0 Å². The first-order valence-electron chi connectivity index (χ1n) is 10.4. The van der Waals surface area contributed by atoms with E-state index >= 15 is 0 Å². The number of ether oxygens (including phenoxy) is 1. The molecule has 154 valence electrons. The van der Waals surface area contributed by atoms with E-state index in [4.69, 9.17) is 9.73 Å². The van der Waals surface area contributed by atoms with E-state index in [1.54, 1.807) is 24.3 Å². The molecule has 0 saturated heterocycles. The average Bonchev–Trinajstić information content (AvgIpc) is 3.11. The van der Waals surface area contributed by atoms with Crippen LogP contribution in [0.3, 0.4) is 0 Å². The number of hydrogen-bond donors (Lipinski definition) is 0. The molecule has 0 aromatic heterocycles. The quantitative estimate of drug-likeness (QED) is 0.354. The topological polar surface area (TPSA) is 59.0 Å². The molecule has 5 heteroatoms. The Morgan fingerprint density at radius 3 is 2.52 bits per heavy atom. The lowest BCUT2D eigenvalue weighted by Gasteiger charge is -2.28. The lowest BCUT2D eigenvalue weighted by atomic mass is 9.97. The van der Waals surface area contributed by atoms with Gasteiger partial charge in [0, 0.05) is 12.6 Å². The molecule has 2 heterocycles. The number of rotatable bonds is 4. The number of anilines is 1. The highest BCUT2D eigenvalue weighted by Gasteiger charge is 2.36. The first kappa shape index (κ1) is 19.2. The van der Waals surface area contributed by atoms with Crippen LogP contribution in [-0.2, 0) is 11.2 Å². The fraction of sp³-hybridized carbons (Fsp3) is 0.192. The molecule has 0 aliphatic carbocycles. The van der Waals surface area contributed by atoms with E-state index in [9.17, 15) is 9.59 Å². The van der Waals surface area contributed by atoms with Gasteiger partial charge in [-0.1, -0.05) is 54.6 Å². The Morgan fingerprint density at radius 1 is 0.968 bits per heavy atom. The molecule has 5 rings (SSSR count). The van der Waals surface area contributed by atoms with Gasteiger partial charge in [0.2, 0.25) is 0 Å². The molecule has 1 atom stereocenters. The number of ketones is 1. The Hall–Kier alpha value is -3.73. The Bertz CT molecular complexity index is 1210. The van der Waals surface area contributed by atoms with Crippen molar-refractivity contribution in [1.29, 1.82) is 0 Å². The van der Waals surface area contributed by atoms with Crippen molar-refractivity contribution in [2.45, 2.75) is 25.8 Å². The van der Waals surface area contributed by atoms with Crippen molar-refractivity contribution in [3.05, 3.63) is 95.1 Å². The maximum absolute atomic E-state index is 13.2. The summed E-state index contributed by atoms with van der Waals surface area (Å²) >= 11 is 0. The van der Waals surface area contributed by atoms with Gasteiger partial charge in [-0.2, -0.15) is 0 Å². The number of nitrogens with zero attached hydrogens (tertiary/aromatic N) is 2. The normalized spacial score (nSPS) is 16.5. The number of carbonyl (C=O) groups is 2. The first-order valence-corrected chi connectivity index (χ1v) is 10.4. The van der Waals surface area contributed by atoms with E-state index in [1.165, 1.54) is 23.6 Å². The van der Waals surface area contributed by atoms with Crippen molar-refractivity contribution in [2.75, 3.05) is 11.4 Å². The highest BCUT2D eigenvalue weighted by Crippen LogP contribution is 2.40. The monoisotopic (exact) mass is 410 g/mol. The van der Waals surface area contributed by atoms with Crippen LogP contribution in [-0.4, -0.2) is 24.1 Å². The van der Waals surface area contributed by atoms with Gasteiger partial charge in [0.05, 0.1) is 24.6 Å². The summed E-state index contributed by atoms with van der Waals surface area (Å²) in [5, 5.41) is 0. The van der Waals surface area contributed by atoms with Crippen molar-refractivity contribution in [3.8, 4) is 5.75 Å². The van der Waals surface area contributed by atoms with Gasteiger partial charge in [0.15, 0.2) is 5.78 Å². The van der Waals surface area contributed by atoms with Gasteiger partial charge in [-0.25, -0.2) is 0 Å². The van der Waals surface area contributed by atoms with E-state index in [-0.39, 0.29) is 24.0 Å². The van der Waals surface area contributed by atoms with Crippen LogP contribution >= 0.6 is 0 Å². The molecule has 3 aromatic rings. The standard InChI is InChI=1S/C26H22N2O3/c1-17(29)31-25-13-7-5-11-21(25)24(30)15-26-27-16-23-20-10-4-2-8-18(20)14-19-9-3-6-12-22(19)28(23)26/h2-13,23H,14-16H2,1H3. The number of Topliss-reactive ketones (excluding diaryl/α,β-unsaturated/α-hetero) is 1. The van der Waals surface area contributed by atoms with E-state index < -0.39 is 5.97 Å². The van der Waals surface area contributed by atoms with Gasteiger partial charge < -0.3 is 9.64 Å². The molecule has 5 nitrogen and oxygen atoms in total. The SMILES string of the molecule is CC(=O)Oc1ccccc1C(=O)CC1=NCC2c3ccccc3Cc3ccccc3N12. The van der Waals surface area contributed by atoms with Crippen molar-refractivity contribution in [3.63, 3.8) is 0 Å². The van der Waals surface area contributed by atoms with Gasteiger partial charge >= 0.3 is 5.97 Å². The maximum atomic E-state index is 13.2. The van der Waals surface area contributed by atoms with Crippen molar-refractivity contribution in [1.82, 2.24) is 0 Å². The molecule has 31 heavy (non-hydrogen) atoms. The first-order chi connectivity index (χ1) is 15.1. The van der Waals surface area contributed by atoms with Gasteiger partial charge in [-0.15, -0.1) is 0 Å². The summed E-state index contributed by atoms with van der Waals surface area (Å²) in [4.78, 5) is 31.7. The fourth-order valence-corrected chi connectivity index (χ4v) is 4.52. The van der Waals surface area contributed by atoms with Crippen LogP contribution in [0.15, 0.2) is 77.8 Å². The number of esters is 1. The summed E-state index contributed by atoms with van der Waals surface area (Å²) in [6, 6.07) is 23.7. The molecule has 1 unspecified atom stereocenters. The minimum Gasteiger partial charge on any atom is -0.426 e. The predicted molar refractivity (Wildman–Crippen MR) is 120 cm³/mol. The van der Waals surface area contributed by atoms with Crippen molar-refractivity contribution >= 4 is 23.3 Å². The Balaban J connectivity index is 1.51. The molecule has 3 aromatic carbocycles. The molecule has 0 bridgehead atoms. The Morgan fingerprint density at radius 2 is 1.68 bits per heavy atom. The van der Waals surface area contributed by atoms with Gasteiger partial charge in [-0.3, -0.25) is 14.6 Å². The van der Waals surface area contributed by atoms with Gasteiger partial charge in [-0.05, 0) is 41.3 Å². The predicted octanol–water partition coefficient (Wildman–Crippen LogP) is 4.75. The third kappa shape index (κ3) is 3.52. The third-order valence-corrected chi connectivity index (χ3v) is 5.84. The summed E-state index contributed by atoms with van der Waals surface area (Å²) in [7, 11) is 0. The molecular formula is C26H22N2O3. The molecule has 0 amide bonds. The summed E-state index contributed by atoms with van der Waals surface area (Å²) in [5.74, 6) is 0.469. The molecule has 0 fully saturated rings. The molecule has 2 aliphatic heterocycles. The van der Waals surface area contributed by atoms with E-state index in [0.717, 1.165) is 17.9 Å². The lowest BCUT2D eigenvalue weighted by Crippen LogP contribution is -2.32. The molecule has 0 radical (unpaired) electrons. The van der Waals surface area contributed by atoms with Crippen molar-refractivity contribution < 1.29 is 14.3 Å². The Labute approximate surface area is 181 Å². The zero-order chi connectivity index (χ0) is 21.4. The van der Waals surface area contributed by atoms with E-state index in [0.29, 0.717) is 12.1 Å². The highest BCUT2D eigenvalue weighted by atomic mass is 16.5. The van der Waals surface area contributed by atoms with E-state index in [1.807, 2.05) is 6.07 Å². The van der Waals surface area contributed by atoms with E-state index in [2.05, 4.69) is 47.4 Å². The molecule has 0 spiro atoms. The number of benzene rings is 3. The van der Waals surface area contributed by atoms with Crippen LogP contribution in [0.1, 0.15) is 46.4 Å². The largest absolute Gasteiger partial charge is 0.426 e. The number of aliphatic imine (C=N–C) groups is 1. The molecule has 0 saturated carbocycles. The Kier molecular flexibility index (Phi) is 4.86. The highest BCUT2D eigenvalue weighted by molar-refractivity contribution is 6.16. The smallest absolute Gasteiger partial charge is 0.308 e. The summed E-state index contributed by atoms with van der Waals surface area (Å²) in [6.45, 7) is 1.94. The second-order valence-electron chi connectivity index (χ2n) is 7.84. The van der Waals surface area contributed by atoms with Crippen LogP contribution < -0.4 is 9.64 Å². The zero-order valence-corrected chi connectivity index (χ0v) is 17.2. The third-order valence-electron chi connectivity index (χ3n) is 5.84.